The minimum atomic E-state index is -3.63. The number of benzene rings is 2. The first-order valence-electron chi connectivity index (χ1n) is 8.53. The van der Waals surface area contributed by atoms with Gasteiger partial charge in [0.25, 0.3) is 0 Å². The van der Waals surface area contributed by atoms with Crippen molar-refractivity contribution in [3.8, 4) is 0 Å². The first-order valence-corrected chi connectivity index (χ1v) is 10.0. The van der Waals surface area contributed by atoms with Crippen LogP contribution >= 0.6 is 0 Å². The highest BCUT2D eigenvalue weighted by atomic mass is 32.2. The van der Waals surface area contributed by atoms with Gasteiger partial charge in [0, 0.05) is 19.6 Å². The summed E-state index contributed by atoms with van der Waals surface area (Å²) >= 11 is 0. The minimum Gasteiger partial charge on any atom is -0.478 e. The second kappa shape index (κ2) is 7.99. The van der Waals surface area contributed by atoms with Crippen LogP contribution in [0.1, 0.15) is 22.3 Å². The molecule has 0 amide bonds. The summed E-state index contributed by atoms with van der Waals surface area (Å²) in [5.41, 5.74) is 1.32. The van der Waals surface area contributed by atoms with Gasteiger partial charge in [0.05, 0.1) is 10.5 Å². The summed E-state index contributed by atoms with van der Waals surface area (Å²) in [6, 6.07) is 15.5. The highest BCUT2D eigenvalue weighted by Crippen LogP contribution is 2.19. The molecule has 1 heterocycles. The van der Waals surface area contributed by atoms with Crippen molar-refractivity contribution in [2.24, 2.45) is 5.92 Å². The third-order valence-electron chi connectivity index (χ3n) is 4.59. The van der Waals surface area contributed by atoms with Gasteiger partial charge in [-0.1, -0.05) is 30.3 Å². The van der Waals surface area contributed by atoms with Crippen molar-refractivity contribution in [2.75, 3.05) is 19.6 Å². The monoisotopic (exact) mass is 374 g/mol. The van der Waals surface area contributed by atoms with Gasteiger partial charge in [0.2, 0.25) is 10.0 Å². The fraction of sp³-hybridized carbons (Fsp3) is 0.316. The van der Waals surface area contributed by atoms with E-state index in [-0.39, 0.29) is 16.4 Å². The zero-order valence-corrected chi connectivity index (χ0v) is 15.2. The van der Waals surface area contributed by atoms with Gasteiger partial charge in [0.1, 0.15) is 0 Å². The predicted octanol–water partition coefficient (Wildman–Crippen LogP) is 2.19. The van der Waals surface area contributed by atoms with Gasteiger partial charge >= 0.3 is 5.97 Å². The Hall–Kier alpha value is -2.22. The maximum atomic E-state index is 12.4. The predicted molar refractivity (Wildman–Crippen MR) is 98.4 cm³/mol. The van der Waals surface area contributed by atoms with Gasteiger partial charge in [-0.25, -0.2) is 17.9 Å². The molecule has 2 aromatic carbocycles. The Morgan fingerprint density at radius 1 is 1.12 bits per heavy atom. The molecule has 26 heavy (non-hydrogen) atoms. The van der Waals surface area contributed by atoms with Crippen LogP contribution < -0.4 is 4.72 Å². The largest absolute Gasteiger partial charge is 0.478 e. The van der Waals surface area contributed by atoms with Crippen LogP contribution in [0.15, 0.2) is 59.5 Å². The number of carboxylic acids is 1. The maximum absolute atomic E-state index is 12.4. The van der Waals surface area contributed by atoms with Gasteiger partial charge in [-0.2, -0.15) is 0 Å². The number of likely N-dealkylation sites (tertiary alicyclic amines) is 1. The van der Waals surface area contributed by atoms with E-state index < -0.39 is 16.0 Å². The number of nitrogens with zero attached hydrogens (tertiary/aromatic N) is 1. The maximum Gasteiger partial charge on any atom is 0.335 e. The van der Waals surface area contributed by atoms with Gasteiger partial charge in [-0.05, 0) is 48.7 Å². The molecular weight excluding hydrogens is 352 g/mol. The Kier molecular flexibility index (Phi) is 5.70. The summed E-state index contributed by atoms with van der Waals surface area (Å²) in [6.07, 6.45) is 0.952. The zero-order valence-electron chi connectivity index (χ0n) is 14.3. The number of sulfonamides is 1. The third kappa shape index (κ3) is 4.69. The van der Waals surface area contributed by atoms with E-state index in [1.807, 2.05) is 18.2 Å². The highest BCUT2D eigenvalue weighted by molar-refractivity contribution is 7.89. The van der Waals surface area contributed by atoms with Crippen LogP contribution in [-0.2, 0) is 16.6 Å². The van der Waals surface area contributed by atoms with E-state index in [0.29, 0.717) is 6.54 Å². The molecule has 0 spiro atoms. The van der Waals surface area contributed by atoms with Crippen LogP contribution in [0, 0.1) is 5.92 Å². The number of hydrogen-bond acceptors (Lipinski definition) is 4. The SMILES string of the molecule is O=C(O)c1ccc(S(=O)(=O)NCC2CCN(Cc3ccccc3)C2)cc1. The van der Waals surface area contributed by atoms with Crippen molar-refractivity contribution in [1.82, 2.24) is 9.62 Å². The molecule has 0 aromatic heterocycles. The lowest BCUT2D eigenvalue weighted by atomic mass is 10.1. The topological polar surface area (TPSA) is 86.7 Å². The molecule has 0 bridgehead atoms. The summed E-state index contributed by atoms with van der Waals surface area (Å²) in [7, 11) is -3.63. The molecule has 3 rings (SSSR count). The van der Waals surface area contributed by atoms with Crippen molar-refractivity contribution in [2.45, 2.75) is 17.9 Å². The highest BCUT2D eigenvalue weighted by Gasteiger charge is 2.24. The van der Waals surface area contributed by atoms with Crippen LogP contribution in [0.3, 0.4) is 0 Å². The molecule has 7 heteroatoms. The number of aromatic carboxylic acids is 1. The lowest BCUT2D eigenvalue weighted by Crippen LogP contribution is -2.31. The van der Waals surface area contributed by atoms with Crippen LogP contribution in [0.4, 0.5) is 0 Å². The second-order valence-corrected chi connectivity index (χ2v) is 8.32. The van der Waals surface area contributed by atoms with Crippen molar-refractivity contribution in [3.05, 3.63) is 65.7 Å². The first kappa shape index (κ1) is 18.6. The molecule has 2 N–H and O–H groups in total. The molecule has 1 aliphatic rings. The quantitative estimate of drug-likeness (QED) is 0.776. The molecule has 1 saturated heterocycles. The number of nitrogens with one attached hydrogen (secondary N) is 1. The second-order valence-electron chi connectivity index (χ2n) is 6.56. The van der Waals surface area contributed by atoms with Gasteiger partial charge in [0.15, 0.2) is 0 Å². The van der Waals surface area contributed by atoms with Crippen LogP contribution in [0.5, 0.6) is 0 Å². The zero-order chi connectivity index (χ0) is 18.6. The molecule has 1 aliphatic heterocycles. The summed E-state index contributed by atoms with van der Waals surface area (Å²) < 4.78 is 27.4. The van der Waals surface area contributed by atoms with Crippen LogP contribution in [0.25, 0.3) is 0 Å². The minimum absolute atomic E-state index is 0.0660. The van der Waals surface area contributed by atoms with Gasteiger partial charge in [-0.3, -0.25) is 4.90 Å². The Balaban J connectivity index is 1.53. The fourth-order valence-electron chi connectivity index (χ4n) is 3.15. The third-order valence-corrected chi connectivity index (χ3v) is 6.03. The molecule has 0 radical (unpaired) electrons. The smallest absolute Gasteiger partial charge is 0.335 e. The van der Waals surface area contributed by atoms with E-state index in [4.69, 9.17) is 5.11 Å². The number of carbonyl (C=O) groups is 1. The fourth-order valence-corrected chi connectivity index (χ4v) is 4.27. The molecule has 6 nitrogen and oxygen atoms in total. The Morgan fingerprint density at radius 2 is 1.81 bits per heavy atom. The molecule has 138 valence electrons. The Bertz CT molecular complexity index is 851. The summed E-state index contributed by atoms with van der Waals surface area (Å²) in [5, 5.41) is 8.89. The Labute approximate surface area is 153 Å². The van der Waals surface area contributed by atoms with Crippen molar-refractivity contribution in [3.63, 3.8) is 0 Å². The van der Waals surface area contributed by atoms with Crippen LogP contribution in [0.2, 0.25) is 0 Å². The summed E-state index contributed by atoms with van der Waals surface area (Å²) in [6.45, 7) is 3.07. The molecule has 1 fully saturated rings. The molecule has 2 aromatic rings. The van der Waals surface area contributed by atoms with Gasteiger partial charge < -0.3 is 5.11 Å². The standard InChI is InChI=1S/C19H22N2O4S/c22-19(23)17-6-8-18(9-7-17)26(24,25)20-12-16-10-11-21(14-16)13-15-4-2-1-3-5-15/h1-9,16,20H,10-14H2,(H,22,23). The first-order chi connectivity index (χ1) is 12.4. The van der Waals surface area contributed by atoms with Crippen molar-refractivity contribution >= 4 is 16.0 Å². The van der Waals surface area contributed by atoms with E-state index in [0.717, 1.165) is 26.1 Å². The van der Waals surface area contributed by atoms with Crippen LogP contribution in [-0.4, -0.2) is 44.0 Å². The van der Waals surface area contributed by atoms with E-state index in [1.54, 1.807) is 0 Å². The average molecular weight is 374 g/mol. The number of carboxylic acid groups (broad SMARTS) is 1. The average Bonchev–Trinajstić information content (AvgIpc) is 3.08. The molecule has 0 saturated carbocycles. The summed E-state index contributed by atoms with van der Waals surface area (Å²) in [5.74, 6) is -0.807. The number of rotatable bonds is 7. The van der Waals surface area contributed by atoms with E-state index in [2.05, 4.69) is 21.8 Å². The van der Waals surface area contributed by atoms with Crippen molar-refractivity contribution in [1.29, 1.82) is 0 Å². The summed E-state index contributed by atoms with van der Waals surface area (Å²) in [4.78, 5) is 13.3. The number of hydrogen-bond donors (Lipinski definition) is 2. The van der Waals surface area contributed by atoms with E-state index in [1.165, 1.54) is 29.8 Å². The molecule has 1 unspecified atom stereocenters. The lowest BCUT2D eigenvalue weighted by Gasteiger charge is -2.16. The molecule has 0 aliphatic carbocycles. The lowest BCUT2D eigenvalue weighted by molar-refractivity contribution is 0.0696. The van der Waals surface area contributed by atoms with Gasteiger partial charge in [-0.15, -0.1) is 0 Å². The normalized spacial score (nSPS) is 18.1. The Morgan fingerprint density at radius 3 is 2.46 bits per heavy atom. The molecule has 1 atom stereocenters. The molecular formula is C19H22N2O4S. The van der Waals surface area contributed by atoms with Crippen molar-refractivity contribution < 1.29 is 18.3 Å². The van der Waals surface area contributed by atoms with E-state index >= 15 is 0 Å². The van der Waals surface area contributed by atoms with E-state index in [9.17, 15) is 13.2 Å².